The number of ether oxygens (including phenoxy) is 1. The summed E-state index contributed by atoms with van der Waals surface area (Å²) in [5, 5.41) is 14.1. The minimum Gasteiger partial charge on any atom is -0.507 e. The number of hydrogen-bond acceptors (Lipinski definition) is 6. The van der Waals surface area contributed by atoms with Crippen molar-refractivity contribution in [3.8, 4) is 11.5 Å². The van der Waals surface area contributed by atoms with Crippen LogP contribution in [0, 0.1) is 0 Å². The van der Waals surface area contributed by atoms with E-state index in [2.05, 4.69) is 5.16 Å². The molecule has 0 aliphatic carbocycles. The molecule has 0 saturated carbocycles. The molecule has 1 N–H and O–H groups in total. The number of phenols is 1. The fourth-order valence-electron chi connectivity index (χ4n) is 2.61. The van der Waals surface area contributed by atoms with Crippen LogP contribution in [0.15, 0.2) is 70.4 Å². The van der Waals surface area contributed by atoms with Crippen LogP contribution in [0.1, 0.15) is 34.2 Å². The van der Waals surface area contributed by atoms with Gasteiger partial charge in [-0.15, -0.1) is 0 Å². The molecule has 0 fully saturated rings. The number of halogens is 3. The number of carbonyl (C=O) groups excluding carboxylic acids is 1. The number of aromatic hydroxyl groups is 1. The van der Waals surface area contributed by atoms with Crippen molar-refractivity contribution >= 4 is 11.5 Å². The maximum Gasteiger partial charge on any atom is 0.416 e. The Kier molecular flexibility index (Phi) is 6.64. The summed E-state index contributed by atoms with van der Waals surface area (Å²) in [5.74, 6) is -0.0288. The van der Waals surface area contributed by atoms with Crippen LogP contribution in [0.2, 0.25) is 0 Å². The quantitative estimate of drug-likeness (QED) is 0.300. The third kappa shape index (κ3) is 5.88. The monoisotopic (exact) mass is 433 g/mol. The van der Waals surface area contributed by atoms with E-state index in [4.69, 9.17) is 14.0 Å². The highest BCUT2D eigenvalue weighted by molar-refractivity contribution is 6.00. The Morgan fingerprint density at radius 1 is 1.13 bits per heavy atom. The highest BCUT2D eigenvalue weighted by Crippen LogP contribution is 2.29. The molecule has 1 aromatic heterocycles. The van der Waals surface area contributed by atoms with E-state index in [0.29, 0.717) is 16.8 Å². The number of nitrogens with zero attached hydrogens (tertiary/aromatic N) is 1. The molecule has 0 spiro atoms. The van der Waals surface area contributed by atoms with E-state index >= 15 is 0 Å². The predicted octanol–water partition coefficient (Wildman–Crippen LogP) is 5.21. The van der Waals surface area contributed by atoms with Crippen LogP contribution in [0.5, 0.6) is 11.5 Å². The normalized spacial score (nSPS) is 11.9. The lowest BCUT2D eigenvalue weighted by molar-refractivity contribution is -0.137. The van der Waals surface area contributed by atoms with Gasteiger partial charge < -0.3 is 19.1 Å². The first-order valence-corrected chi connectivity index (χ1v) is 9.09. The molecule has 0 aliphatic rings. The maximum absolute atomic E-state index is 12.6. The first-order valence-electron chi connectivity index (χ1n) is 9.09. The van der Waals surface area contributed by atoms with Crippen molar-refractivity contribution in [2.24, 2.45) is 5.16 Å². The van der Waals surface area contributed by atoms with Crippen molar-refractivity contribution in [2.75, 3.05) is 6.61 Å². The number of alkyl halides is 3. The molecular formula is C22H18F3NO5. The summed E-state index contributed by atoms with van der Waals surface area (Å²) in [6.45, 7) is 1.31. The van der Waals surface area contributed by atoms with Crippen molar-refractivity contribution in [1.82, 2.24) is 0 Å². The lowest BCUT2D eigenvalue weighted by Crippen LogP contribution is -2.10. The molecule has 0 unspecified atom stereocenters. The Hall–Kier alpha value is -3.75. The van der Waals surface area contributed by atoms with Crippen LogP contribution < -0.4 is 4.74 Å². The van der Waals surface area contributed by atoms with Crippen LogP contribution in [0.4, 0.5) is 13.2 Å². The van der Waals surface area contributed by atoms with E-state index in [1.165, 1.54) is 30.5 Å². The van der Waals surface area contributed by atoms with E-state index < -0.39 is 11.7 Å². The first-order chi connectivity index (χ1) is 14.7. The zero-order chi connectivity index (χ0) is 22.4. The van der Waals surface area contributed by atoms with E-state index in [0.717, 1.165) is 12.1 Å². The van der Waals surface area contributed by atoms with Gasteiger partial charge in [0.2, 0.25) is 5.78 Å². The van der Waals surface area contributed by atoms with Gasteiger partial charge in [-0.2, -0.15) is 13.2 Å². The number of furan rings is 1. The second-order valence-electron chi connectivity index (χ2n) is 6.51. The fourth-order valence-corrected chi connectivity index (χ4v) is 2.61. The van der Waals surface area contributed by atoms with E-state index in [1.54, 1.807) is 25.1 Å². The molecule has 9 heteroatoms. The SMILES string of the molecule is C/C(=N\OCc1ccc(C(F)(F)F)cc1)c1ccc(OCC(=O)c2ccco2)cc1O. The zero-order valence-electron chi connectivity index (χ0n) is 16.3. The Morgan fingerprint density at radius 2 is 1.87 bits per heavy atom. The summed E-state index contributed by atoms with van der Waals surface area (Å²) >= 11 is 0. The van der Waals surface area contributed by atoms with Crippen molar-refractivity contribution in [1.29, 1.82) is 0 Å². The van der Waals surface area contributed by atoms with E-state index in [1.807, 2.05) is 0 Å². The molecule has 0 aliphatic heterocycles. The topological polar surface area (TPSA) is 81.3 Å². The number of oxime groups is 1. The molecule has 31 heavy (non-hydrogen) atoms. The van der Waals surface area contributed by atoms with Crippen molar-refractivity contribution < 1.29 is 37.1 Å². The van der Waals surface area contributed by atoms with Gasteiger partial charge in [-0.3, -0.25) is 4.79 Å². The second kappa shape index (κ2) is 9.38. The van der Waals surface area contributed by atoms with Gasteiger partial charge in [0.15, 0.2) is 12.4 Å². The van der Waals surface area contributed by atoms with Crippen molar-refractivity contribution in [3.05, 3.63) is 83.3 Å². The average Bonchev–Trinajstić information content (AvgIpc) is 3.27. The number of benzene rings is 2. The number of phenolic OH excluding ortho intramolecular Hbond substituents is 1. The number of rotatable bonds is 8. The number of Topliss-reactive ketones (excluding diaryl/α,β-unsaturated/α-hetero) is 1. The molecule has 162 valence electrons. The summed E-state index contributed by atoms with van der Waals surface area (Å²) < 4.78 is 48.1. The predicted molar refractivity (Wildman–Crippen MR) is 105 cm³/mol. The van der Waals surface area contributed by atoms with Gasteiger partial charge in [-0.1, -0.05) is 17.3 Å². The fraction of sp³-hybridized carbons (Fsp3) is 0.182. The van der Waals surface area contributed by atoms with Gasteiger partial charge >= 0.3 is 6.18 Å². The molecule has 0 radical (unpaired) electrons. The Balaban J connectivity index is 1.56. The van der Waals surface area contributed by atoms with Crippen molar-refractivity contribution in [2.45, 2.75) is 19.7 Å². The summed E-state index contributed by atoms with van der Waals surface area (Å²) in [7, 11) is 0. The van der Waals surface area contributed by atoms with Crippen molar-refractivity contribution in [3.63, 3.8) is 0 Å². The molecule has 0 bridgehead atoms. The third-order valence-electron chi connectivity index (χ3n) is 4.24. The lowest BCUT2D eigenvalue weighted by atomic mass is 10.1. The van der Waals surface area contributed by atoms with Gasteiger partial charge in [-0.25, -0.2) is 0 Å². The summed E-state index contributed by atoms with van der Waals surface area (Å²) in [6, 6.07) is 12.1. The zero-order valence-corrected chi connectivity index (χ0v) is 16.3. The highest BCUT2D eigenvalue weighted by atomic mass is 19.4. The molecule has 0 saturated heterocycles. The Bertz CT molecular complexity index is 1060. The largest absolute Gasteiger partial charge is 0.507 e. The average molecular weight is 433 g/mol. The number of ketones is 1. The third-order valence-corrected chi connectivity index (χ3v) is 4.24. The van der Waals surface area contributed by atoms with E-state index in [-0.39, 0.29) is 36.3 Å². The molecule has 3 aromatic rings. The maximum atomic E-state index is 12.6. The first kappa shape index (κ1) is 21.9. The minimum atomic E-state index is -4.40. The molecule has 1 heterocycles. The molecule has 3 rings (SSSR count). The summed E-state index contributed by atoms with van der Waals surface area (Å²) in [5.41, 5.74) is 0.493. The van der Waals surface area contributed by atoms with Gasteiger partial charge in [0.1, 0.15) is 18.1 Å². The molecule has 2 aromatic carbocycles. The number of hydrogen-bond donors (Lipinski definition) is 1. The van der Waals surface area contributed by atoms with Crippen LogP contribution in [-0.2, 0) is 17.6 Å². The van der Waals surface area contributed by atoms with Crippen LogP contribution in [-0.4, -0.2) is 23.2 Å². The summed E-state index contributed by atoms with van der Waals surface area (Å²) in [6.07, 6.45) is -3.01. The van der Waals surface area contributed by atoms with Gasteiger partial charge in [0.25, 0.3) is 0 Å². The lowest BCUT2D eigenvalue weighted by Gasteiger charge is -2.09. The molecule has 6 nitrogen and oxygen atoms in total. The second-order valence-corrected chi connectivity index (χ2v) is 6.51. The molecule has 0 atom stereocenters. The highest BCUT2D eigenvalue weighted by Gasteiger charge is 2.29. The van der Waals surface area contributed by atoms with Gasteiger partial charge in [0.05, 0.1) is 17.5 Å². The molecular weight excluding hydrogens is 415 g/mol. The van der Waals surface area contributed by atoms with Gasteiger partial charge in [0, 0.05) is 11.6 Å². The Morgan fingerprint density at radius 3 is 2.48 bits per heavy atom. The van der Waals surface area contributed by atoms with E-state index in [9.17, 15) is 23.1 Å². The molecule has 0 amide bonds. The summed E-state index contributed by atoms with van der Waals surface area (Å²) in [4.78, 5) is 17.0. The van der Waals surface area contributed by atoms with Crippen LogP contribution in [0.25, 0.3) is 0 Å². The van der Waals surface area contributed by atoms with Gasteiger partial charge in [-0.05, 0) is 48.9 Å². The Labute approximate surface area is 175 Å². The minimum absolute atomic E-state index is 0.0354. The number of carbonyl (C=O) groups is 1. The smallest absolute Gasteiger partial charge is 0.416 e. The van der Waals surface area contributed by atoms with Crippen LogP contribution >= 0.6 is 0 Å². The van der Waals surface area contributed by atoms with Crippen LogP contribution in [0.3, 0.4) is 0 Å². The standard InChI is InChI=1S/C22H18F3NO5/c1-14(26-31-12-15-4-6-16(7-5-15)22(23,24)25)18-9-8-17(11-19(18)27)30-13-20(28)21-3-2-10-29-21/h2-11,27H,12-13H2,1H3/b26-14+.